The van der Waals surface area contributed by atoms with Gasteiger partial charge in [-0.15, -0.1) is 0 Å². The van der Waals surface area contributed by atoms with E-state index in [2.05, 4.69) is 10.2 Å². The maximum atomic E-state index is 12.3. The van der Waals surface area contributed by atoms with E-state index in [0.717, 1.165) is 11.1 Å². The molecule has 0 spiro atoms. The number of rotatable bonds is 9. The van der Waals surface area contributed by atoms with Crippen molar-refractivity contribution in [2.24, 2.45) is 0 Å². The lowest BCUT2D eigenvalue weighted by Gasteiger charge is -2.19. The molecule has 0 amide bonds. The first kappa shape index (κ1) is 22.7. The van der Waals surface area contributed by atoms with Crippen molar-refractivity contribution in [2.45, 2.75) is 37.9 Å². The van der Waals surface area contributed by atoms with E-state index >= 15 is 0 Å². The Morgan fingerprint density at radius 3 is 2.42 bits per heavy atom. The summed E-state index contributed by atoms with van der Waals surface area (Å²) < 4.78 is 23.2. The van der Waals surface area contributed by atoms with Crippen molar-refractivity contribution in [3.05, 3.63) is 88.7 Å². The summed E-state index contributed by atoms with van der Waals surface area (Å²) in [6.45, 7) is 1.19. The number of nitrogens with zero attached hydrogens (tertiary/aromatic N) is 2. The lowest BCUT2D eigenvalue weighted by atomic mass is 10.0. The number of hydrogen-bond donors (Lipinski definition) is 1. The number of hydrogen-bond acceptors (Lipinski definition) is 7. The molecule has 4 rings (SSSR count). The zero-order chi connectivity index (χ0) is 23.0. The van der Waals surface area contributed by atoms with Gasteiger partial charge in [-0.2, -0.15) is 10.4 Å². The minimum atomic E-state index is -0.635. The van der Waals surface area contributed by atoms with Gasteiger partial charge in [0.25, 0.3) is 0 Å². The van der Waals surface area contributed by atoms with Crippen molar-refractivity contribution in [3.8, 4) is 6.07 Å². The Hall–Kier alpha value is -3.51. The number of carbonyl (C=O) groups is 1. The minimum Gasteiger partial charge on any atom is -0.465 e. The third-order valence-corrected chi connectivity index (χ3v) is 5.51. The number of benzene rings is 2. The van der Waals surface area contributed by atoms with Crippen LogP contribution in [0.15, 0.2) is 60.7 Å². The molecule has 1 aliphatic heterocycles. The molecule has 8 heteroatoms. The van der Waals surface area contributed by atoms with E-state index in [9.17, 15) is 10.1 Å². The third kappa shape index (κ3) is 5.46. The topological polar surface area (TPSA) is 106 Å². The van der Waals surface area contributed by atoms with Crippen molar-refractivity contribution in [3.63, 3.8) is 0 Å². The first-order chi connectivity index (χ1) is 16.2. The maximum Gasteiger partial charge on any atom is 0.342 e. The van der Waals surface area contributed by atoms with Gasteiger partial charge in [-0.1, -0.05) is 60.7 Å². The van der Waals surface area contributed by atoms with E-state index in [4.69, 9.17) is 18.9 Å². The molecule has 8 nitrogen and oxygen atoms in total. The molecule has 3 atom stereocenters. The van der Waals surface area contributed by atoms with Gasteiger partial charge in [0.2, 0.25) is 0 Å². The molecule has 33 heavy (non-hydrogen) atoms. The SMILES string of the molecule is COC(=O)c1c(C#N)n[nH]c1[C@H]1C[C@H](OCc2ccccc2)[C@@H](COCc2ccccc2)O1. The van der Waals surface area contributed by atoms with Crippen LogP contribution in [0.3, 0.4) is 0 Å². The smallest absolute Gasteiger partial charge is 0.342 e. The molecule has 2 heterocycles. The van der Waals surface area contributed by atoms with Crippen LogP contribution >= 0.6 is 0 Å². The van der Waals surface area contributed by atoms with Gasteiger partial charge in [0.15, 0.2) is 5.69 Å². The summed E-state index contributed by atoms with van der Waals surface area (Å²) in [5.41, 5.74) is 2.60. The molecule has 0 aliphatic carbocycles. The molecule has 2 aromatic carbocycles. The van der Waals surface area contributed by atoms with Crippen molar-refractivity contribution >= 4 is 5.97 Å². The van der Waals surface area contributed by atoms with Crippen LogP contribution in [-0.2, 0) is 32.2 Å². The monoisotopic (exact) mass is 447 g/mol. The quantitative estimate of drug-likeness (QED) is 0.499. The molecule has 0 saturated carbocycles. The molecular weight excluding hydrogens is 422 g/mol. The van der Waals surface area contributed by atoms with Crippen LogP contribution in [0.2, 0.25) is 0 Å². The lowest BCUT2D eigenvalue weighted by molar-refractivity contribution is -0.0721. The minimum absolute atomic E-state index is 0.0222. The Kier molecular flexibility index (Phi) is 7.47. The van der Waals surface area contributed by atoms with Crippen LogP contribution < -0.4 is 0 Å². The van der Waals surface area contributed by atoms with Crippen molar-refractivity contribution in [1.29, 1.82) is 5.26 Å². The molecule has 1 aromatic heterocycles. The summed E-state index contributed by atoms with van der Waals surface area (Å²) in [5.74, 6) is -0.635. The third-order valence-electron chi connectivity index (χ3n) is 5.51. The Labute approximate surface area is 192 Å². The summed E-state index contributed by atoms with van der Waals surface area (Å²) >= 11 is 0. The van der Waals surface area contributed by atoms with Crippen LogP contribution in [0.5, 0.6) is 0 Å². The summed E-state index contributed by atoms with van der Waals surface area (Å²) in [7, 11) is 1.27. The van der Waals surface area contributed by atoms with E-state index < -0.39 is 12.1 Å². The second-order valence-corrected chi connectivity index (χ2v) is 7.70. The second kappa shape index (κ2) is 10.9. The molecule has 0 unspecified atom stereocenters. The van der Waals surface area contributed by atoms with E-state index in [0.29, 0.717) is 31.9 Å². The highest BCUT2D eigenvalue weighted by Gasteiger charge is 2.40. The number of carbonyl (C=O) groups excluding carboxylic acids is 1. The summed E-state index contributed by atoms with van der Waals surface area (Å²) in [6.07, 6.45) is -0.671. The predicted molar refractivity (Wildman–Crippen MR) is 118 cm³/mol. The molecule has 1 aliphatic rings. The number of aromatic amines is 1. The van der Waals surface area contributed by atoms with Gasteiger partial charge >= 0.3 is 5.97 Å². The average molecular weight is 447 g/mol. The first-order valence-electron chi connectivity index (χ1n) is 10.7. The first-order valence-corrected chi connectivity index (χ1v) is 10.7. The normalized spacial score (nSPS) is 19.8. The summed E-state index contributed by atoms with van der Waals surface area (Å²) in [5, 5.41) is 16.1. The van der Waals surface area contributed by atoms with E-state index in [1.165, 1.54) is 7.11 Å². The van der Waals surface area contributed by atoms with Gasteiger partial charge in [-0.25, -0.2) is 4.79 Å². The van der Waals surface area contributed by atoms with E-state index in [-0.39, 0.29) is 23.5 Å². The molecule has 1 saturated heterocycles. The molecule has 170 valence electrons. The number of ether oxygens (including phenoxy) is 4. The second-order valence-electron chi connectivity index (χ2n) is 7.70. The van der Waals surface area contributed by atoms with Crippen LogP contribution in [-0.4, -0.2) is 42.1 Å². The Bertz CT molecular complexity index is 1090. The number of nitriles is 1. The average Bonchev–Trinajstić information content (AvgIpc) is 3.47. The highest BCUT2D eigenvalue weighted by atomic mass is 16.6. The highest BCUT2D eigenvalue weighted by Crippen LogP contribution is 2.37. The number of nitrogens with one attached hydrogen (secondary N) is 1. The molecule has 0 bridgehead atoms. The molecule has 0 radical (unpaired) electrons. The Morgan fingerprint density at radius 1 is 1.12 bits per heavy atom. The van der Waals surface area contributed by atoms with Crippen LogP contribution in [0.4, 0.5) is 0 Å². The summed E-state index contributed by atoms with van der Waals surface area (Å²) in [4.78, 5) is 12.3. The predicted octanol–water partition coefficient (Wildman–Crippen LogP) is 3.70. The van der Waals surface area contributed by atoms with Crippen molar-refractivity contribution in [1.82, 2.24) is 10.2 Å². The lowest BCUT2D eigenvalue weighted by Crippen LogP contribution is -2.29. The highest BCUT2D eigenvalue weighted by molar-refractivity contribution is 5.93. The number of H-pyrrole nitrogens is 1. The van der Waals surface area contributed by atoms with Crippen molar-refractivity contribution in [2.75, 3.05) is 13.7 Å². The van der Waals surface area contributed by atoms with Gasteiger partial charge in [0.1, 0.15) is 23.8 Å². The number of methoxy groups -OCH3 is 1. The Balaban J connectivity index is 1.48. The van der Waals surface area contributed by atoms with E-state index in [1.807, 2.05) is 66.7 Å². The number of esters is 1. The van der Waals surface area contributed by atoms with Crippen LogP contribution in [0.1, 0.15) is 45.4 Å². The standard InChI is InChI=1S/C25H25N3O5/c1-30-25(29)23-19(13-26)27-28-24(23)21-12-20(32-15-18-10-6-3-7-11-18)22(33-21)16-31-14-17-8-4-2-5-9-17/h2-11,20-22H,12,14-16H2,1H3,(H,27,28)/t20-,21+,22+/m0/s1. The fourth-order valence-corrected chi connectivity index (χ4v) is 3.85. The summed E-state index contributed by atoms with van der Waals surface area (Å²) in [6, 6.07) is 21.7. The van der Waals surface area contributed by atoms with Crippen LogP contribution in [0.25, 0.3) is 0 Å². The molecule has 3 aromatic rings. The zero-order valence-electron chi connectivity index (χ0n) is 18.3. The molecular formula is C25H25N3O5. The largest absolute Gasteiger partial charge is 0.465 e. The Morgan fingerprint density at radius 2 is 1.79 bits per heavy atom. The fourth-order valence-electron chi connectivity index (χ4n) is 3.85. The maximum absolute atomic E-state index is 12.3. The molecule has 1 fully saturated rings. The van der Waals surface area contributed by atoms with Gasteiger partial charge in [0.05, 0.1) is 38.7 Å². The van der Waals surface area contributed by atoms with Gasteiger partial charge in [-0.05, 0) is 11.1 Å². The van der Waals surface area contributed by atoms with Crippen molar-refractivity contribution < 1.29 is 23.7 Å². The fraction of sp³-hybridized carbons (Fsp3) is 0.320. The molecule has 1 N–H and O–H groups in total. The van der Waals surface area contributed by atoms with Gasteiger partial charge in [-0.3, -0.25) is 5.10 Å². The van der Waals surface area contributed by atoms with Gasteiger partial charge < -0.3 is 18.9 Å². The number of aromatic nitrogens is 2. The zero-order valence-corrected chi connectivity index (χ0v) is 18.3. The van der Waals surface area contributed by atoms with Crippen LogP contribution in [0, 0.1) is 11.3 Å². The van der Waals surface area contributed by atoms with E-state index in [1.54, 1.807) is 0 Å². The van der Waals surface area contributed by atoms with Gasteiger partial charge in [0, 0.05) is 6.42 Å².